The smallest absolute Gasteiger partial charge is 0.303 e. The van der Waals surface area contributed by atoms with Crippen LogP contribution in [0.5, 0.6) is 0 Å². The van der Waals surface area contributed by atoms with Crippen LogP contribution in [-0.4, -0.2) is 32.2 Å². The number of aromatic nitrogens is 3. The van der Waals surface area contributed by atoms with E-state index in [9.17, 15) is 4.79 Å². The van der Waals surface area contributed by atoms with Crippen LogP contribution in [0.25, 0.3) is 16.6 Å². The Hall–Kier alpha value is -2.31. The van der Waals surface area contributed by atoms with E-state index in [1.54, 1.807) is 18.6 Å². The molecule has 2 N–H and O–H groups in total. The summed E-state index contributed by atoms with van der Waals surface area (Å²) in [6, 6.07) is 5.58. The van der Waals surface area contributed by atoms with Crippen LogP contribution in [0.3, 0.4) is 0 Å². The van der Waals surface area contributed by atoms with Crippen molar-refractivity contribution in [2.75, 3.05) is 11.9 Å². The van der Waals surface area contributed by atoms with Crippen LogP contribution in [0.1, 0.15) is 25.7 Å². The number of halogens is 2. The number of hydrogen-bond acceptors (Lipinski definition) is 4. The van der Waals surface area contributed by atoms with Gasteiger partial charge < -0.3 is 15.0 Å². The molecule has 0 spiro atoms. The summed E-state index contributed by atoms with van der Waals surface area (Å²) in [7, 11) is 0. The number of pyridine rings is 1. The van der Waals surface area contributed by atoms with Crippen LogP contribution < -0.4 is 5.32 Å². The number of aliphatic carboxylic acids is 1. The Morgan fingerprint density at radius 2 is 2.08 bits per heavy atom. The second kappa shape index (κ2) is 8.38. The van der Waals surface area contributed by atoms with E-state index in [-0.39, 0.29) is 6.42 Å². The number of rotatable bonds is 8. The van der Waals surface area contributed by atoms with Crippen molar-refractivity contribution in [1.29, 1.82) is 0 Å². The van der Waals surface area contributed by atoms with Gasteiger partial charge >= 0.3 is 5.97 Å². The van der Waals surface area contributed by atoms with Gasteiger partial charge in [0, 0.05) is 36.8 Å². The third-order valence-corrected chi connectivity index (χ3v) is 4.80. The first kappa shape index (κ1) is 18.5. The van der Waals surface area contributed by atoms with Gasteiger partial charge in [0.25, 0.3) is 0 Å². The first-order valence-electron chi connectivity index (χ1n) is 8.29. The monoisotopic (exact) mass is 392 g/mol. The van der Waals surface area contributed by atoms with Crippen LogP contribution in [-0.2, 0) is 4.79 Å². The Labute approximate surface area is 160 Å². The molecule has 136 valence electrons. The van der Waals surface area contributed by atoms with Gasteiger partial charge in [-0.05, 0) is 25.0 Å². The Bertz CT molecular complexity index is 913. The zero-order valence-electron chi connectivity index (χ0n) is 14.0. The fourth-order valence-corrected chi connectivity index (χ4v) is 3.08. The van der Waals surface area contributed by atoms with Gasteiger partial charge in [-0.3, -0.25) is 4.79 Å². The molecule has 0 aliphatic carbocycles. The highest BCUT2D eigenvalue weighted by molar-refractivity contribution is 6.45. The maximum atomic E-state index is 10.5. The number of carboxylic acids is 1. The van der Waals surface area contributed by atoms with Crippen LogP contribution in [0, 0.1) is 0 Å². The van der Waals surface area contributed by atoms with Crippen LogP contribution >= 0.6 is 23.2 Å². The zero-order valence-corrected chi connectivity index (χ0v) is 15.5. The van der Waals surface area contributed by atoms with E-state index >= 15 is 0 Å². The van der Waals surface area contributed by atoms with Gasteiger partial charge in [-0.25, -0.2) is 9.97 Å². The highest BCUT2D eigenvalue weighted by Gasteiger charge is 2.12. The first-order valence-corrected chi connectivity index (χ1v) is 9.04. The molecular weight excluding hydrogens is 375 g/mol. The molecule has 0 aliphatic rings. The Balaban J connectivity index is 1.82. The molecule has 0 saturated heterocycles. The van der Waals surface area contributed by atoms with Gasteiger partial charge in [0.05, 0.1) is 27.6 Å². The van der Waals surface area contributed by atoms with E-state index in [1.165, 1.54) is 0 Å². The number of nitrogens with one attached hydrogen (secondary N) is 1. The van der Waals surface area contributed by atoms with E-state index < -0.39 is 5.97 Å². The molecule has 3 rings (SSSR count). The number of anilines is 1. The van der Waals surface area contributed by atoms with E-state index in [2.05, 4.69) is 15.3 Å². The minimum absolute atomic E-state index is 0.201. The van der Waals surface area contributed by atoms with E-state index in [0.29, 0.717) is 34.3 Å². The summed E-state index contributed by atoms with van der Waals surface area (Å²) in [6.07, 6.45) is 7.85. The molecular formula is C18H18Cl2N4O2. The van der Waals surface area contributed by atoms with Crippen molar-refractivity contribution in [3.63, 3.8) is 0 Å². The lowest BCUT2D eigenvalue weighted by atomic mass is 10.1. The summed E-state index contributed by atoms with van der Waals surface area (Å²) < 4.78 is 1.90. The summed E-state index contributed by atoms with van der Waals surface area (Å²) in [6.45, 7) is 0.694. The van der Waals surface area contributed by atoms with Crippen LogP contribution in [0.15, 0.2) is 36.9 Å². The zero-order chi connectivity index (χ0) is 18.5. The lowest BCUT2D eigenvalue weighted by molar-refractivity contribution is -0.137. The first-order chi connectivity index (χ1) is 12.6. The van der Waals surface area contributed by atoms with E-state index in [1.807, 2.05) is 22.9 Å². The number of fused-ring (bicyclic) bond motifs is 1. The van der Waals surface area contributed by atoms with Crippen molar-refractivity contribution in [2.45, 2.75) is 25.7 Å². The number of benzene rings is 1. The number of hydrogen-bond donors (Lipinski definition) is 2. The average molecular weight is 393 g/mol. The molecule has 0 aliphatic heterocycles. The fraction of sp³-hybridized carbons (Fsp3) is 0.278. The maximum absolute atomic E-state index is 10.5. The van der Waals surface area contributed by atoms with Crippen LogP contribution in [0.4, 0.5) is 5.82 Å². The molecule has 0 saturated carbocycles. The summed E-state index contributed by atoms with van der Waals surface area (Å²) >= 11 is 12.5. The fourth-order valence-electron chi connectivity index (χ4n) is 2.72. The molecule has 0 fully saturated rings. The number of unbranched alkanes of at least 4 members (excludes halogenated alkanes) is 2. The van der Waals surface area contributed by atoms with Crippen molar-refractivity contribution >= 4 is 45.9 Å². The lowest BCUT2D eigenvalue weighted by Crippen LogP contribution is -2.06. The molecule has 1 aromatic carbocycles. The SMILES string of the molecule is O=C(O)CCCCCNc1cc(-n2ccnc2)c2ccc(Cl)c(Cl)c2n1. The molecule has 2 heterocycles. The topological polar surface area (TPSA) is 80.0 Å². The molecule has 0 atom stereocenters. The predicted molar refractivity (Wildman–Crippen MR) is 103 cm³/mol. The van der Waals surface area contributed by atoms with Crippen molar-refractivity contribution in [2.24, 2.45) is 0 Å². The molecule has 6 nitrogen and oxygen atoms in total. The lowest BCUT2D eigenvalue weighted by Gasteiger charge is -2.13. The molecule has 0 radical (unpaired) electrons. The molecule has 0 bridgehead atoms. The van der Waals surface area contributed by atoms with Gasteiger partial charge in [0.15, 0.2) is 0 Å². The van der Waals surface area contributed by atoms with Gasteiger partial charge in [-0.1, -0.05) is 29.6 Å². The van der Waals surface area contributed by atoms with Gasteiger partial charge in [-0.15, -0.1) is 0 Å². The van der Waals surface area contributed by atoms with Crippen molar-refractivity contribution in [3.05, 3.63) is 47.0 Å². The molecule has 3 aromatic rings. The standard InChI is InChI=1S/C18H18Cl2N4O2/c19-13-6-5-12-14(24-9-8-21-11-24)10-15(23-18(12)17(13)20)22-7-3-1-2-4-16(25)26/h5-6,8-11H,1-4,7H2,(H,22,23)(H,25,26). The van der Waals surface area contributed by atoms with Gasteiger partial charge in [0.2, 0.25) is 0 Å². The van der Waals surface area contributed by atoms with E-state index in [4.69, 9.17) is 28.3 Å². The summed E-state index contributed by atoms with van der Waals surface area (Å²) in [4.78, 5) is 19.2. The summed E-state index contributed by atoms with van der Waals surface area (Å²) in [5.41, 5.74) is 1.53. The second-order valence-corrected chi connectivity index (χ2v) is 6.67. The van der Waals surface area contributed by atoms with E-state index in [0.717, 1.165) is 23.9 Å². The average Bonchev–Trinajstić information content (AvgIpc) is 3.15. The van der Waals surface area contributed by atoms with Crippen molar-refractivity contribution in [1.82, 2.24) is 14.5 Å². The molecule has 2 aromatic heterocycles. The number of imidazole rings is 1. The molecule has 8 heteroatoms. The van der Waals surface area contributed by atoms with Crippen molar-refractivity contribution < 1.29 is 9.90 Å². The van der Waals surface area contributed by atoms with Crippen molar-refractivity contribution in [3.8, 4) is 5.69 Å². The highest BCUT2D eigenvalue weighted by atomic mass is 35.5. The third kappa shape index (κ3) is 4.26. The number of nitrogens with zero attached hydrogens (tertiary/aromatic N) is 3. The second-order valence-electron chi connectivity index (χ2n) is 5.89. The molecule has 0 amide bonds. The predicted octanol–water partition coefficient (Wildman–Crippen LogP) is 4.78. The minimum Gasteiger partial charge on any atom is -0.481 e. The minimum atomic E-state index is -0.759. The number of carbonyl (C=O) groups is 1. The normalized spacial score (nSPS) is 11.0. The molecule has 26 heavy (non-hydrogen) atoms. The Morgan fingerprint density at radius 3 is 2.81 bits per heavy atom. The third-order valence-electron chi connectivity index (χ3n) is 4.01. The Morgan fingerprint density at radius 1 is 1.23 bits per heavy atom. The largest absolute Gasteiger partial charge is 0.481 e. The van der Waals surface area contributed by atoms with Crippen LogP contribution in [0.2, 0.25) is 10.0 Å². The molecule has 0 unspecified atom stereocenters. The quantitative estimate of drug-likeness (QED) is 0.538. The summed E-state index contributed by atoms with van der Waals surface area (Å²) in [5.74, 6) is -0.0748. The highest BCUT2D eigenvalue weighted by Crippen LogP contribution is 2.33. The number of carboxylic acid groups (broad SMARTS) is 1. The summed E-state index contributed by atoms with van der Waals surface area (Å²) in [5, 5.41) is 13.7. The van der Waals surface area contributed by atoms with Gasteiger partial charge in [-0.2, -0.15) is 0 Å². The Kier molecular flexibility index (Phi) is 5.96. The maximum Gasteiger partial charge on any atom is 0.303 e. The van der Waals surface area contributed by atoms with Gasteiger partial charge in [0.1, 0.15) is 5.82 Å².